The molecule has 4 nitrogen and oxygen atoms in total. The highest BCUT2D eigenvalue weighted by molar-refractivity contribution is 7.89. The summed E-state index contributed by atoms with van der Waals surface area (Å²) in [5.74, 6) is 0.962. The molecule has 0 aromatic heterocycles. The first-order valence-corrected chi connectivity index (χ1v) is 8.27. The van der Waals surface area contributed by atoms with Crippen LogP contribution in [0.3, 0.4) is 0 Å². The molecule has 0 radical (unpaired) electrons. The molecule has 0 amide bonds. The van der Waals surface area contributed by atoms with E-state index in [2.05, 4.69) is 4.72 Å². The van der Waals surface area contributed by atoms with E-state index in [0.717, 1.165) is 12.2 Å². The zero-order valence-electron chi connectivity index (χ0n) is 11.9. The van der Waals surface area contributed by atoms with Crippen molar-refractivity contribution in [3.8, 4) is 5.75 Å². The summed E-state index contributed by atoms with van der Waals surface area (Å²) in [6.45, 7) is 6.68. The summed E-state index contributed by atoms with van der Waals surface area (Å²) in [7, 11) is -3.14. The Morgan fingerprint density at radius 3 is 2.58 bits per heavy atom. The van der Waals surface area contributed by atoms with E-state index in [1.807, 2.05) is 39.0 Å². The van der Waals surface area contributed by atoms with Gasteiger partial charge < -0.3 is 4.74 Å². The van der Waals surface area contributed by atoms with Crippen molar-refractivity contribution in [2.45, 2.75) is 33.6 Å². The molecule has 0 aliphatic heterocycles. The molecule has 1 N–H and O–H groups in total. The van der Waals surface area contributed by atoms with Crippen LogP contribution in [0.15, 0.2) is 18.2 Å². The molecule has 0 spiro atoms. The van der Waals surface area contributed by atoms with Crippen molar-refractivity contribution in [1.29, 1.82) is 0 Å². The van der Waals surface area contributed by atoms with Crippen LogP contribution in [0.25, 0.3) is 0 Å². The van der Waals surface area contributed by atoms with Crippen molar-refractivity contribution in [1.82, 2.24) is 4.72 Å². The molecular formula is C14H23NO3S. The third-order valence-corrected chi connectivity index (χ3v) is 4.41. The van der Waals surface area contributed by atoms with Gasteiger partial charge in [-0.05, 0) is 43.5 Å². The van der Waals surface area contributed by atoms with E-state index in [4.69, 9.17) is 4.74 Å². The first-order valence-electron chi connectivity index (χ1n) is 6.62. The number of rotatable bonds is 8. The van der Waals surface area contributed by atoms with Crippen LogP contribution in [0.1, 0.15) is 30.9 Å². The second kappa shape index (κ2) is 7.50. The van der Waals surface area contributed by atoms with Crippen LogP contribution in [-0.2, 0) is 10.0 Å². The molecule has 19 heavy (non-hydrogen) atoms. The van der Waals surface area contributed by atoms with Gasteiger partial charge in [0.15, 0.2) is 0 Å². The first-order chi connectivity index (χ1) is 8.94. The molecule has 0 unspecified atom stereocenters. The summed E-state index contributed by atoms with van der Waals surface area (Å²) in [6, 6.07) is 5.85. The Kier molecular flexibility index (Phi) is 6.31. The fraction of sp³-hybridized carbons (Fsp3) is 0.571. The number of nitrogens with one attached hydrogen (secondary N) is 1. The third-order valence-electron chi connectivity index (χ3n) is 2.94. The predicted octanol–water partition coefficient (Wildman–Crippen LogP) is 2.40. The number of ether oxygens (including phenoxy) is 1. The van der Waals surface area contributed by atoms with Crippen molar-refractivity contribution >= 4 is 10.0 Å². The van der Waals surface area contributed by atoms with Crippen molar-refractivity contribution in [3.63, 3.8) is 0 Å². The van der Waals surface area contributed by atoms with E-state index in [0.29, 0.717) is 19.6 Å². The van der Waals surface area contributed by atoms with Crippen molar-refractivity contribution < 1.29 is 13.2 Å². The van der Waals surface area contributed by atoms with Gasteiger partial charge in [-0.15, -0.1) is 0 Å². The molecule has 5 heteroatoms. The van der Waals surface area contributed by atoms with Gasteiger partial charge in [-0.1, -0.05) is 19.4 Å². The predicted molar refractivity (Wildman–Crippen MR) is 78.1 cm³/mol. The minimum Gasteiger partial charge on any atom is -0.492 e. The maximum Gasteiger partial charge on any atom is 0.211 e. The van der Waals surface area contributed by atoms with Crippen LogP contribution in [-0.4, -0.2) is 27.3 Å². The lowest BCUT2D eigenvalue weighted by Crippen LogP contribution is -2.30. The van der Waals surface area contributed by atoms with E-state index in [1.54, 1.807) is 0 Å². The van der Waals surface area contributed by atoms with Gasteiger partial charge in [-0.3, -0.25) is 0 Å². The van der Waals surface area contributed by atoms with Crippen LogP contribution in [0, 0.1) is 13.8 Å². The van der Waals surface area contributed by atoms with Gasteiger partial charge in [-0.2, -0.15) is 0 Å². The number of hydrogen-bond acceptors (Lipinski definition) is 3. The molecule has 0 saturated heterocycles. The first kappa shape index (κ1) is 16.0. The average Bonchev–Trinajstić information content (AvgIpc) is 2.36. The molecule has 0 atom stereocenters. The zero-order valence-corrected chi connectivity index (χ0v) is 12.7. The molecule has 0 aliphatic carbocycles. The molecule has 0 fully saturated rings. The highest BCUT2D eigenvalue weighted by Gasteiger charge is 2.08. The van der Waals surface area contributed by atoms with Crippen molar-refractivity contribution in [2.75, 3.05) is 18.9 Å². The van der Waals surface area contributed by atoms with Gasteiger partial charge in [0.2, 0.25) is 10.0 Å². The third kappa shape index (κ3) is 6.07. The monoisotopic (exact) mass is 285 g/mol. The van der Waals surface area contributed by atoms with Crippen LogP contribution in [0.5, 0.6) is 5.75 Å². The molecule has 0 saturated carbocycles. The van der Waals surface area contributed by atoms with Gasteiger partial charge in [0.1, 0.15) is 12.4 Å². The van der Waals surface area contributed by atoms with Crippen LogP contribution in [0.2, 0.25) is 0 Å². The molecule has 0 heterocycles. The smallest absolute Gasteiger partial charge is 0.211 e. The molecule has 1 rings (SSSR count). The van der Waals surface area contributed by atoms with Crippen molar-refractivity contribution in [3.05, 3.63) is 29.3 Å². The molecule has 108 valence electrons. The van der Waals surface area contributed by atoms with Gasteiger partial charge in [-0.25, -0.2) is 13.1 Å². The summed E-state index contributed by atoms with van der Waals surface area (Å²) in [5.41, 5.74) is 2.38. The highest BCUT2D eigenvalue weighted by atomic mass is 32.2. The summed E-state index contributed by atoms with van der Waals surface area (Å²) >= 11 is 0. The fourth-order valence-corrected chi connectivity index (χ4v) is 2.78. The van der Waals surface area contributed by atoms with Gasteiger partial charge in [0, 0.05) is 6.54 Å². The Balaban J connectivity index is 2.32. The largest absolute Gasteiger partial charge is 0.492 e. The Labute approximate surface area is 116 Å². The summed E-state index contributed by atoms with van der Waals surface area (Å²) < 4.78 is 31.1. The normalized spacial score (nSPS) is 11.5. The molecule has 0 bridgehead atoms. The Hall–Kier alpha value is -1.07. The average molecular weight is 285 g/mol. The lowest BCUT2D eigenvalue weighted by atomic mass is 10.1. The quantitative estimate of drug-likeness (QED) is 0.746. The fourth-order valence-electron chi connectivity index (χ4n) is 1.58. The van der Waals surface area contributed by atoms with E-state index in [1.165, 1.54) is 11.1 Å². The standard InChI is InChI=1S/C14H23NO3S/c1-4-5-10-19(16,17)15-8-9-18-14-7-6-12(2)13(3)11-14/h6-7,11,15H,4-5,8-10H2,1-3H3. The highest BCUT2D eigenvalue weighted by Crippen LogP contribution is 2.16. The van der Waals surface area contributed by atoms with E-state index in [-0.39, 0.29) is 5.75 Å². The Morgan fingerprint density at radius 1 is 1.21 bits per heavy atom. The van der Waals surface area contributed by atoms with E-state index in [9.17, 15) is 8.42 Å². The maximum absolute atomic E-state index is 11.5. The summed E-state index contributed by atoms with van der Waals surface area (Å²) in [4.78, 5) is 0. The minimum atomic E-state index is -3.14. The Bertz CT molecular complexity index is 497. The second-order valence-corrected chi connectivity index (χ2v) is 6.59. The van der Waals surface area contributed by atoms with Crippen LogP contribution in [0.4, 0.5) is 0 Å². The van der Waals surface area contributed by atoms with Gasteiger partial charge in [0.25, 0.3) is 0 Å². The second-order valence-electron chi connectivity index (χ2n) is 4.66. The number of sulfonamides is 1. The molecule has 1 aromatic carbocycles. The number of benzene rings is 1. The van der Waals surface area contributed by atoms with E-state index >= 15 is 0 Å². The zero-order chi connectivity index (χ0) is 14.3. The lowest BCUT2D eigenvalue weighted by molar-refractivity contribution is 0.322. The van der Waals surface area contributed by atoms with Crippen LogP contribution < -0.4 is 9.46 Å². The number of hydrogen-bond donors (Lipinski definition) is 1. The summed E-state index contributed by atoms with van der Waals surface area (Å²) in [6.07, 6.45) is 1.56. The van der Waals surface area contributed by atoms with Crippen molar-refractivity contribution in [2.24, 2.45) is 0 Å². The molecule has 1 aromatic rings. The van der Waals surface area contributed by atoms with E-state index < -0.39 is 10.0 Å². The van der Waals surface area contributed by atoms with Gasteiger partial charge >= 0.3 is 0 Å². The Morgan fingerprint density at radius 2 is 1.95 bits per heavy atom. The number of unbranched alkanes of at least 4 members (excludes halogenated alkanes) is 1. The van der Waals surface area contributed by atoms with Gasteiger partial charge in [0.05, 0.1) is 5.75 Å². The minimum absolute atomic E-state index is 0.188. The molecular weight excluding hydrogens is 262 g/mol. The SMILES string of the molecule is CCCCS(=O)(=O)NCCOc1ccc(C)c(C)c1. The number of aryl methyl sites for hydroxylation is 2. The lowest BCUT2D eigenvalue weighted by Gasteiger charge is -2.09. The topological polar surface area (TPSA) is 55.4 Å². The maximum atomic E-state index is 11.5. The summed E-state index contributed by atoms with van der Waals surface area (Å²) in [5, 5.41) is 0. The van der Waals surface area contributed by atoms with Crippen LogP contribution >= 0.6 is 0 Å². The molecule has 0 aliphatic rings.